The molecule has 1 fully saturated rings. The minimum Gasteiger partial charge on any atom is -0.484 e. The molecule has 0 radical (unpaired) electrons. The lowest BCUT2D eigenvalue weighted by Gasteiger charge is -2.28. The molecule has 1 amide bonds. The Morgan fingerprint density at radius 2 is 1.86 bits per heavy atom. The van der Waals surface area contributed by atoms with Crippen molar-refractivity contribution in [2.75, 3.05) is 18.1 Å². The third-order valence-electron chi connectivity index (χ3n) is 5.08. The Balaban J connectivity index is 1.73. The number of hydrogen-bond donors (Lipinski definition) is 0. The maximum absolute atomic E-state index is 13.2. The summed E-state index contributed by atoms with van der Waals surface area (Å²) in [6.07, 6.45) is 0.402. The highest BCUT2D eigenvalue weighted by atomic mass is 32.2. The van der Waals surface area contributed by atoms with Crippen LogP contribution >= 0.6 is 0 Å². The van der Waals surface area contributed by atoms with E-state index >= 15 is 0 Å². The molecule has 0 spiro atoms. The minimum absolute atomic E-state index is 0.0520. The fourth-order valence-corrected chi connectivity index (χ4v) is 4.99. The van der Waals surface area contributed by atoms with Crippen LogP contribution in [0.3, 0.4) is 0 Å². The smallest absolute Gasteiger partial charge is 0.261 e. The Hall–Kier alpha value is -2.41. The van der Waals surface area contributed by atoms with Crippen molar-refractivity contribution in [1.82, 2.24) is 4.90 Å². The van der Waals surface area contributed by atoms with Crippen LogP contribution in [-0.4, -0.2) is 43.4 Å². The largest absolute Gasteiger partial charge is 0.484 e. The number of nitrogens with zero attached hydrogens (tertiary/aromatic N) is 1. The average Bonchev–Trinajstić information content (AvgIpc) is 3.01. The second-order valence-corrected chi connectivity index (χ2v) is 9.47. The van der Waals surface area contributed by atoms with Crippen LogP contribution in [0.2, 0.25) is 0 Å². The number of sulfone groups is 1. The van der Waals surface area contributed by atoms with Gasteiger partial charge in [-0.2, -0.15) is 0 Å². The number of carbonyl (C=O) groups is 1. The third kappa shape index (κ3) is 5.10. The summed E-state index contributed by atoms with van der Waals surface area (Å²) in [5.41, 5.74) is 2.94. The number of rotatable bonds is 6. The maximum Gasteiger partial charge on any atom is 0.261 e. The molecular weight excluding hydrogens is 381 g/mol. The average molecular weight is 405 g/mol. The Bertz CT molecular complexity index is 957. The monoisotopic (exact) mass is 405 g/mol. The van der Waals surface area contributed by atoms with Crippen molar-refractivity contribution < 1.29 is 22.3 Å². The van der Waals surface area contributed by atoms with Gasteiger partial charge in [-0.1, -0.05) is 18.2 Å². The molecule has 2 aromatic carbocycles. The number of hydrogen-bond acceptors (Lipinski definition) is 4. The van der Waals surface area contributed by atoms with Gasteiger partial charge in [0.15, 0.2) is 16.4 Å². The lowest BCUT2D eigenvalue weighted by atomic mass is 10.1. The number of halogens is 1. The van der Waals surface area contributed by atoms with Gasteiger partial charge in [0, 0.05) is 12.6 Å². The predicted octanol–water partition coefficient (Wildman–Crippen LogP) is 3.04. The Kier molecular flexibility index (Phi) is 6.03. The summed E-state index contributed by atoms with van der Waals surface area (Å²) in [5.74, 6) is -0.0306. The molecule has 150 valence electrons. The topological polar surface area (TPSA) is 63.7 Å². The van der Waals surface area contributed by atoms with Crippen molar-refractivity contribution in [2.24, 2.45) is 0 Å². The third-order valence-corrected chi connectivity index (χ3v) is 6.83. The molecule has 28 heavy (non-hydrogen) atoms. The Labute approximate surface area is 165 Å². The standard InChI is InChI=1S/C21H24FNO4S/c1-15-3-8-20(11-16(15)2)27-13-21(24)23(19-9-10-28(25,26)14-19)12-17-4-6-18(22)7-5-17/h3-8,11,19H,9-10,12-14H2,1-2H3. The molecule has 1 saturated heterocycles. The molecule has 0 N–H and O–H groups in total. The van der Waals surface area contributed by atoms with Gasteiger partial charge in [0.2, 0.25) is 0 Å². The van der Waals surface area contributed by atoms with Crippen LogP contribution in [-0.2, 0) is 21.2 Å². The number of aryl methyl sites for hydroxylation is 2. The molecule has 2 aromatic rings. The van der Waals surface area contributed by atoms with Crippen LogP contribution in [0.15, 0.2) is 42.5 Å². The summed E-state index contributed by atoms with van der Waals surface area (Å²) in [5, 5.41) is 0. The molecule has 1 heterocycles. The second kappa shape index (κ2) is 8.31. The van der Waals surface area contributed by atoms with Crippen LogP contribution in [0.5, 0.6) is 5.75 Å². The molecule has 1 atom stereocenters. The van der Waals surface area contributed by atoms with Crippen molar-refractivity contribution in [1.29, 1.82) is 0 Å². The van der Waals surface area contributed by atoms with E-state index < -0.39 is 15.9 Å². The van der Waals surface area contributed by atoms with Crippen molar-refractivity contribution in [3.63, 3.8) is 0 Å². The van der Waals surface area contributed by atoms with Gasteiger partial charge in [-0.15, -0.1) is 0 Å². The molecule has 7 heteroatoms. The molecule has 1 aliphatic heterocycles. The maximum atomic E-state index is 13.2. The number of ether oxygens (including phenoxy) is 1. The van der Waals surface area contributed by atoms with Gasteiger partial charge < -0.3 is 9.64 Å². The summed E-state index contributed by atoms with van der Waals surface area (Å²) >= 11 is 0. The summed E-state index contributed by atoms with van der Waals surface area (Å²) in [4.78, 5) is 14.4. The van der Waals surface area contributed by atoms with Crippen molar-refractivity contribution in [2.45, 2.75) is 32.9 Å². The van der Waals surface area contributed by atoms with Crippen LogP contribution in [0.25, 0.3) is 0 Å². The van der Waals surface area contributed by atoms with E-state index in [2.05, 4.69) is 0 Å². The highest BCUT2D eigenvalue weighted by Gasteiger charge is 2.34. The first-order chi connectivity index (χ1) is 13.2. The van der Waals surface area contributed by atoms with Gasteiger partial charge in [-0.25, -0.2) is 12.8 Å². The molecule has 0 bridgehead atoms. The van der Waals surface area contributed by atoms with Crippen molar-refractivity contribution in [3.05, 3.63) is 65.0 Å². The van der Waals surface area contributed by atoms with Crippen LogP contribution in [0.4, 0.5) is 4.39 Å². The SMILES string of the molecule is Cc1ccc(OCC(=O)N(Cc2ccc(F)cc2)C2CCS(=O)(=O)C2)cc1C. The van der Waals surface area contributed by atoms with Crippen molar-refractivity contribution >= 4 is 15.7 Å². The second-order valence-electron chi connectivity index (χ2n) is 7.24. The van der Waals surface area contributed by atoms with Gasteiger partial charge in [-0.05, 0) is 61.2 Å². The first-order valence-electron chi connectivity index (χ1n) is 9.18. The lowest BCUT2D eigenvalue weighted by Crippen LogP contribution is -2.43. The quantitative estimate of drug-likeness (QED) is 0.741. The number of carbonyl (C=O) groups excluding carboxylic acids is 1. The van der Waals surface area contributed by atoms with E-state index in [1.807, 2.05) is 26.0 Å². The zero-order valence-electron chi connectivity index (χ0n) is 16.0. The van der Waals surface area contributed by atoms with E-state index in [0.29, 0.717) is 12.2 Å². The zero-order chi connectivity index (χ0) is 20.3. The van der Waals surface area contributed by atoms with E-state index in [-0.39, 0.29) is 36.4 Å². The predicted molar refractivity (Wildman–Crippen MR) is 105 cm³/mol. The van der Waals surface area contributed by atoms with Gasteiger partial charge >= 0.3 is 0 Å². The van der Waals surface area contributed by atoms with Gasteiger partial charge in [0.25, 0.3) is 5.91 Å². The van der Waals surface area contributed by atoms with E-state index in [4.69, 9.17) is 4.74 Å². The Morgan fingerprint density at radius 1 is 1.14 bits per heavy atom. The highest BCUT2D eigenvalue weighted by Crippen LogP contribution is 2.22. The molecule has 3 rings (SSSR count). The van der Waals surface area contributed by atoms with E-state index in [1.165, 1.54) is 12.1 Å². The molecule has 1 aliphatic rings. The van der Waals surface area contributed by atoms with Crippen LogP contribution < -0.4 is 4.74 Å². The molecule has 0 aromatic heterocycles. The molecular formula is C21H24FNO4S. The van der Waals surface area contributed by atoms with Crippen molar-refractivity contribution in [3.8, 4) is 5.75 Å². The Morgan fingerprint density at radius 3 is 2.46 bits per heavy atom. The zero-order valence-corrected chi connectivity index (χ0v) is 16.8. The fourth-order valence-electron chi connectivity index (χ4n) is 3.26. The minimum atomic E-state index is -3.15. The van der Waals surface area contributed by atoms with Gasteiger partial charge in [-0.3, -0.25) is 4.79 Å². The fraction of sp³-hybridized carbons (Fsp3) is 0.381. The molecule has 5 nitrogen and oxygen atoms in total. The van der Waals surface area contributed by atoms with Crippen LogP contribution in [0, 0.1) is 19.7 Å². The van der Waals surface area contributed by atoms with Gasteiger partial charge in [0.1, 0.15) is 11.6 Å². The number of amides is 1. The summed E-state index contributed by atoms with van der Waals surface area (Å²) in [6.45, 7) is 4.00. The summed E-state index contributed by atoms with van der Waals surface area (Å²) < 4.78 is 42.6. The van der Waals surface area contributed by atoms with Gasteiger partial charge in [0.05, 0.1) is 11.5 Å². The van der Waals surface area contributed by atoms with E-state index in [9.17, 15) is 17.6 Å². The summed E-state index contributed by atoms with van der Waals surface area (Å²) in [7, 11) is -3.15. The molecule has 0 aliphatic carbocycles. The molecule has 0 saturated carbocycles. The first-order valence-corrected chi connectivity index (χ1v) is 11.0. The normalized spacial score (nSPS) is 18.0. The van der Waals surface area contributed by atoms with E-state index in [1.54, 1.807) is 23.1 Å². The van der Waals surface area contributed by atoms with Crippen LogP contribution in [0.1, 0.15) is 23.1 Å². The summed E-state index contributed by atoms with van der Waals surface area (Å²) in [6, 6.07) is 11.1. The lowest BCUT2D eigenvalue weighted by molar-refractivity contribution is -0.136. The highest BCUT2D eigenvalue weighted by molar-refractivity contribution is 7.91. The number of benzene rings is 2. The first kappa shape index (κ1) is 20.3. The molecule has 1 unspecified atom stereocenters. The van der Waals surface area contributed by atoms with E-state index in [0.717, 1.165) is 16.7 Å².